The summed E-state index contributed by atoms with van der Waals surface area (Å²) < 4.78 is 0. The van der Waals surface area contributed by atoms with Crippen LogP contribution in [-0.4, -0.2) is 9.97 Å². The summed E-state index contributed by atoms with van der Waals surface area (Å²) in [5.41, 5.74) is 3.24. The number of hydrogen-bond acceptors (Lipinski definition) is 3. The number of rotatable bonds is 3. The van der Waals surface area contributed by atoms with E-state index in [4.69, 9.17) is 11.6 Å². The van der Waals surface area contributed by atoms with Crippen molar-refractivity contribution in [2.45, 2.75) is 32.6 Å². The van der Waals surface area contributed by atoms with Crippen molar-refractivity contribution in [1.82, 2.24) is 9.97 Å². The van der Waals surface area contributed by atoms with Gasteiger partial charge in [-0.05, 0) is 32.4 Å². The SMILES string of the molecule is Cc1ccc(CC(Cl)c2sc(C)nc2C)nc1. The molecule has 2 aromatic heterocycles. The Morgan fingerprint density at radius 3 is 2.59 bits per heavy atom. The van der Waals surface area contributed by atoms with E-state index in [-0.39, 0.29) is 5.38 Å². The van der Waals surface area contributed by atoms with Gasteiger partial charge >= 0.3 is 0 Å². The van der Waals surface area contributed by atoms with Crippen molar-refractivity contribution in [3.8, 4) is 0 Å². The van der Waals surface area contributed by atoms with Crippen LogP contribution in [0.2, 0.25) is 0 Å². The van der Waals surface area contributed by atoms with Crippen LogP contribution >= 0.6 is 22.9 Å². The predicted molar refractivity (Wildman–Crippen MR) is 72.9 cm³/mol. The van der Waals surface area contributed by atoms with Gasteiger partial charge in [0.05, 0.1) is 16.1 Å². The molecule has 0 aromatic carbocycles. The van der Waals surface area contributed by atoms with Gasteiger partial charge in [-0.3, -0.25) is 4.98 Å². The third-order valence-corrected chi connectivity index (χ3v) is 4.27. The Balaban J connectivity index is 2.14. The Labute approximate surface area is 111 Å². The molecule has 0 radical (unpaired) electrons. The topological polar surface area (TPSA) is 25.8 Å². The van der Waals surface area contributed by atoms with E-state index < -0.39 is 0 Å². The summed E-state index contributed by atoms with van der Waals surface area (Å²) in [6.07, 6.45) is 2.63. The van der Waals surface area contributed by atoms with Gasteiger partial charge < -0.3 is 0 Å². The largest absolute Gasteiger partial charge is 0.261 e. The highest BCUT2D eigenvalue weighted by molar-refractivity contribution is 7.12. The molecule has 0 spiro atoms. The lowest BCUT2D eigenvalue weighted by atomic mass is 10.1. The van der Waals surface area contributed by atoms with Gasteiger partial charge in [0.2, 0.25) is 0 Å². The Kier molecular flexibility index (Phi) is 3.79. The number of pyridine rings is 1. The van der Waals surface area contributed by atoms with Gasteiger partial charge in [-0.15, -0.1) is 22.9 Å². The molecule has 2 aromatic rings. The minimum atomic E-state index is -0.0311. The van der Waals surface area contributed by atoms with Gasteiger partial charge in [-0.2, -0.15) is 0 Å². The minimum absolute atomic E-state index is 0.0311. The molecule has 0 aliphatic rings. The minimum Gasteiger partial charge on any atom is -0.261 e. The highest BCUT2D eigenvalue weighted by Crippen LogP contribution is 2.31. The molecule has 4 heteroatoms. The molecule has 0 fully saturated rings. The summed E-state index contributed by atoms with van der Waals surface area (Å²) >= 11 is 8.10. The van der Waals surface area contributed by atoms with Crippen molar-refractivity contribution in [3.05, 3.63) is 45.2 Å². The Morgan fingerprint density at radius 2 is 2.06 bits per heavy atom. The molecular weight excluding hydrogens is 252 g/mol. The van der Waals surface area contributed by atoms with Crippen LogP contribution in [0.25, 0.3) is 0 Å². The van der Waals surface area contributed by atoms with Crippen LogP contribution in [0.4, 0.5) is 0 Å². The van der Waals surface area contributed by atoms with Crippen molar-refractivity contribution in [2.75, 3.05) is 0 Å². The van der Waals surface area contributed by atoms with Crippen LogP contribution in [0, 0.1) is 20.8 Å². The van der Waals surface area contributed by atoms with Gasteiger partial charge in [0.15, 0.2) is 0 Å². The zero-order valence-electron chi connectivity index (χ0n) is 10.2. The summed E-state index contributed by atoms with van der Waals surface area (Å²) in [6.45, 7) is 6.05. The first kappa shape index (κ1) is 12.5. The number of aromatic nitrogens is 2. The maximum atomic E-state index is 6.43. The second-order valence-corrected chi connectivity index (χ2v) is 5.94. The average molecular weight is 267 g/mol. The van der Waals surface area contributed by atoms with E-state index in [1.54, 1.807) is 11.3 Å². The van der Waals surface area contributed by atoms with E-state index in [1.165, 1.54) is 5.56 Å². The van der Waals surface area contributed by atoms with Crippen LogP contribution in [-0.2, 0) is 6.42 Å². The van der Waals surface area contributed by atoms with Crippen LogP contribution in [0.15, 0.2) is 18.3 Å². The lowest BCUT2D eigenvalue weighted by Gasteiger charge is -2.07. The number of thiazole rings is 1. The van der Waals surface area contributed by atoms with Crippen LogP contribution in [0.1, 0.15) is 32.2 Å². The number of hydrogen-bond donors (Lipinski definition) is 0. The van der Waals surface area contributed by atoms with Gasteiger partial charge in [0.1, 0.15) is 0 Å². The van der Waals surface area contributed by atoms with Gasteiger partial charge in [-0.1, -0.05) is 6.07 Å². The van der Waals surface area contributed by atoms with Crippen molar-refractivity contribution in [1.29, 1.82) is 0 Å². The molecule has 90 valence electrons. The number of halogens is 1. The Hall–Kier alpha value is -0.930. The highest BCUT2D eigenvalue weighted by Gasteiger charge is 2.15. The molecule has 2 rings (SSSR count). The van der Waals surface area contributed by atoms with Crippen LogP contribution in [0.3, 0.4) is 0 Å². The summed E-state index contributed by atoms with van der Waals surface area (Å²) in [5.74, 6) is 0. The van der Waals surface area contributed by atoms with Gasteiger partial charge in [-0.25, -0.2) is 4.98 Å². The number of nitrogens with zero attached hydrogens (tertiary/aromatic N) is 2. The Morgan fingerprint density at radius 1 is 1.29 bits per heavy atom. The molecule has 0 bridgehead atoms. The third-order valence-electron chi connectivity index (χ3n) is 2.58. The zero-order chi connectivity index (χ0) is 12.4. The molecule has 17 heavy (non-hydrogen) atoms. The maximum Gasteiger partial charge on any atom is 0.0900 e. The Bertz CT molecular complexity index is 505. The van der Waals surface area contributed by atoms with E-state index in [1.807, 2.05) is 33.0 Å². The number of aryl methyl sites for hydroxylation is 3. The first-order chi connectivity index (χ1) is 8.06. The summed E-state index contributed by atoms with van der Waals surface area (Å²) in [5, 5.41) is 1.04. The summed E-state index contributed by atoms with van der Waals surface area (Å²) in [4.78, 5) is 9.94. The number of alkyl halides is 1. The smallest absolute Gasteiger partial charge is 0.0900 e. The third kappa shape index (κ3) is 3.05. The predicted octanol–water partition coefficient (Wildman–Crippen LogP) is 3.99. The molecule has 0 saturated carbocycles. The van der Waals surface area contributed by atoms with Crippen molar-refractivity contribution in [3.63, 3.8) is 0 Å². The van der Waals surface area contributed by atoms with E-state index in [0.717, 1.165) is 27.7 Å². The quantitative estimate of drug-likeness (QED) is 0.785. The average Bonchev–Trinajstić information content (AvgIpc) is 2.61. The molecule has 0 amide bonds. The molecule has 1 unspecified atom stereocenters. The van der Waals surface area contributed by atoms with E-state index >= 15 is 0 Å². The van der Waals surface area contributed by atoms with E-state index in [2.05, 4.69) is 16.0 Å². The van der Waals surface area contributed by atoms with E-state index in [9.17, 15) is 0 Å². The normalized spacial score (nSPS) is 12.7. The van der Waals surface area contributed by atoms with Gasteiger partial charge in [0.25, 0.3) is 0 Å². The highest BCUT2D eigenvalue weighted by atomic mass is 35.5. The first-order valence-corrected chi connectivity index (χ1v) is 6.81. The lowest BCUT2D eigenvalue weighted by Crippen LogP contribution is -1.98. The van der Waals surface area contributed by atoms with Gasteiger partial charge in [0, 0.05) is 23.2 Å². The second-order valence-electron chi connectivity index (χ2n) is 4.18. The summed E-state index contributed by atoms with van der Waals surface area (Å²) in [7, 11) is 0. The van der Waals surface area contributed by atoms with E-state index in [0.29, 0.717) is 0 Å². The molecule has 0 N–H and O–H groups in total. The maximum absolute atomic E-state index is 6.43. The summed E-state index contributed by atoms with van der Waals surface area (Å²) in [6, 6.07) is 4.10. The molecule has 0 aliphatic carbocycles. The van der Waals surface area contributed by atoms with Crippen LogP contribution in [0.5, 0.6) is 0 Å². The molecule has 1 atom stereocenters. The zero-order valence-corrected chi connectivity index (χ0v) is 11.8. The molecule has 2 heterocycles. The molecule has 0 aliphatic heterocycles. The standard InChI is InChI=1S/C13H15ClN2S/c1-8-4-5-11(15-7-8)6-12(14)13-9(2)16-10(3)17-13/h4-5,7,12H,6H2,1-3H3. The molecular formula is C13H15ClN2S. The molecule has 0 saturated heterocycles. The fourth-order valence-electron chi connectivity index (χ4n) is 1.73. The van der Waals surface area contributed by atoms with Crippen molar-refractivity contribution in [2.24, 2.45) is 0 Å². The fourth-order valence-corrected chi connectivity index (χ4v) is 3.09. The second kappa shape index (κ2) is 5.15. The van der Waals surface area contributed by atoms with Crippen molar-refractivity contribution >= 4 is 22.9 Å². The van der Waals surface area contributed by atoms with Crippen LogP contribution < -0.4 is 0 Å². The molecule has 2 nitrogen and oxygen atoms in total. The van der Waals surface area contributed by atoms with Crippen molar-refractivity contribution < 1.29 is 0 Å². The first-order valence-electron chi connectivity index (χ1n) is 5.56. The monoisotopic (exact) mass is 266 g/mol. The fraction of sp³-hybridized carbons (Fsp3) is 0.385. The lowest BCUT2D eigenvalue weighted by molar-refractivity contribution is 0.882.